The summed E-state index contributed by atoms with van der Waals surface area (Å²) in [6.07, 6.45) is 2.68. The normalized spacial score (nSPS) is 10.1. The van der Waals surface area contributed by atoms with E-state index in [4.69, 9.17) is 5.11 Å². The van der Waals surface area contributed by atoms with Crippen LogP contribution in [0.2, 0.25) is 0 Å². The molecule has 0 fully saturated rings. The third-order valence-electron chi connectivity index (χ3n) is 2.81. The Bertz CT molecular complexity index is 686. The molecule has 1 heterocycles. The standard InChI is InChI=1S/C14H11BrN2O3/c1-8-9(3-2-4-11(8)15)13(18)17-12-7-16-6-5-10(12)14(19)20/h2-7H,1H3,(H,17,18)(H,19,20). The first-order valence-electron chi connectivity index (χ1n) is 5.74. The van der Waals surface area contributed by atoms with Gasteiger partial charge in [-0.15, -0.1) is 0 Å². The molecule has 2 rings (SSSR count). The van der Waals surface area contributed by atoms with Gasteiger partial charge in [0.15, 0.2) is 0 Å². The lowest BCUT2D eigenvalue weighted by molar-refractivity contribution is 0.0698. The highest BCUT2D eigenvalue weighted by atomic mass is 79.9. The zero-order valence-corrected chi connectivity index (χ0v) is 12.1. The van der Waals surface area contributed by atoms with E-state index in [0.717, 1.165) is 10.0 Å². The van der Waals surface area contributed by atoms with Gasteiger partial charge in [0.2, 0.25) is 0 Å². The summed E-state index contributed by atoms with van der Waals surface area (Å²) in [5.41, 5.74) is 1.43. The number of rotatable bonds is 3. The quantitative estimate of drug-likeness (QED) is 0.903. The van der Waals surface area contributed by atoms with Crippen molar-refractivity contribution < 1.29 is 14.7 Å². The Balaban J connectivity index is 2.33. The number of hydrogen-bond donors (Lipinski definition) is 2. The van der Waals surface area contributed by atoms with Gasteiger partial charge in [0.05, 0.1) is 17.4 Å². The molecule has 0 spiro atoms. The molecule has 102 valence electrons. The summed E-state index contributed by atoms with van der Waals surface area (Å²) < 4.78 is 0.815. The third-order valence-corrected chi connectivity index (χ3v) is 3.67. The number of aromatic carboxylic acids is 1. The monoisotopic (exact) mass is 334 g/mol. The molecule has 2 N–H and O–H groups in total. The van der Waals surface area contributed by atoms with Crippen LogP contribution in [0.25, 0.3) is 0 Å². The van der Waals surface area contributed by atoms with Gasteiger partial charge in [-0.3, -0.25) is 9.78 Å². The molecule has 0 aliphatic heterocycles. The number of aromatic nitrogens is 1. The van der Waals surface area contributed by atoms with Crippen molar-refractivity contribution in [2.75, 3.05) is 5.32 Å². The van der Waals surface area contributed by atoms with Crippen LogP contribution in [0.3, 0.4) is 0 Å². The van der Waals surface area contributed by atoms with E-state index in [1.807, 2.05) is 6.07 Å². The highest BCUT2D eigenvalue weighted by Gasteiger charge is 2.15. The number of nitrogens with zero attached hydrogens (tertiary/aromatic N) is 1. The molecule has 0 aliphatic rings. The zero-order chi connectivity index (χ0) is 14.7. The molecule has 1 aromatic heterocycles. The number of amides is 1. The van der Waals surface area contributed by atoms with Gasteiger partial charge in [0, 0.05) is 16.2 Å². The molecule has 0 saturated heterocycles. The van der Waals surface area contributed by atoms with Crippen LogP contribution in [0.15, 0.2) is 41.1 Å². The van der Waals surface area contributed by atoms with Crippen LogP contribution < -0.4 is 5.32 Å². The number of carboxylic acids is 1. The zero-order valence-electron chi connectivity index (χ0n) is 10.6. The van der Waals surface area contributed by atoms with Crippen molar-refractivity contribution in [3.05, 3.63) is 57.8 Å². The van der Waals surface area contributed by atoms with Gasteiger partial charge in [0.25, 0.3) is 5.91 Å². The van der Waals surface area contributed by atoms with Gasteiger partial charge in [-0.1, -0.05) is 22.0 Å². The molecule has 1 amide bonds. The van der Waals surface area contributed by atoms with Gasteiger partial charge in [-0.25, -0.2) is 4.79 Å². The first-order valence-corrected chi connectivity index (χ1v) is 6.53. The fourth-order valence-corrected chi connectivity index (χ4v) is 2.09. The third kappa shape index (κ3) is 2.85. The predicted molar refractivity (Wildman–Crippen MR) is 78.0 cm³/mol. The second kappa shape index (κ2) is 5.83. The van der Waals surface area contributed by atoms with Gasteiger partial charge >= 0.3 is 5.97 Å². The molecule has 0 unspecified atom stereocenters. The van der Waals surface area contributed by atoms with Crippen molar-refractivity contribution in [3.63, 3.8) is 0 Å². The average Bonchev–Trinajstić information content (AvgIpc) is 2.42. The minimum atomic E-state index is -1.12. The van der Waals surface area contributed by atoms with Gasteiger partial charge in [-0.05, 0) is 30.7 Å². The fourth-order valence-electron chi connectivity index (χ4n) is 1.72. The smallest absolute Gasteiger partial charge is 0.337 e. The number of halogens is 1. The largest absolute Gasteiger partial charge is 0.478 e. The molecule has 20 heavy (non-hydrogen) atoms. The maximum atomic E-state index is 12.2. The van der Waals surface area contributed by atoms with E-state index in [-0.39, 0.29) is 17.2 Å². The Morgan fingerprint density at radius 2 is 2.00 bits per heavy atom. The van der Waals surface area contributed by atoms with E-state index in [2.05, 4.69) is 26.2 Å². The minimum Gasteiger partial charge on any atom is -0.478 e. The molecule has 0 saturated carbocycles. The molecule has 0 aliphatic carbocycles. The Kier molecular flexibility index (Phi) is 4.14. The maximum absolute atomic E-state index is 12.2. The first kappa shape index (κ1) is 14.2. The first-order chi connectivity index (χ1) is 9.50. The van der Waals surface area contributed by atoms with Crippen LogP contribution in [-0.2, 0) is 0 Å². The summed E-state index contributed by atoms with van der Waals surface area (Å²) in [6, 6.07) is 6.59. The van der Waals surface area contributed by atoms with Gasteiger partial charge < -0.3 is 10.4 Å². The van der Waals surface area contributed by atoms with Gasteiger partial charge in [-0.2, -0.15) is 0 Å². The number of carbonyl (C=O) groups excluding carboxylic acids is 1. The second-order valence-corrected chi connectivity index (χ2v) is 4.95. The molecular formula is C14H11BrN2O3. The molecule has 5 nitrogen and oxygen atoms in total. The number of hydrogen-bond acceptors (Lipinski definition) is 3. The Morgan fingerprint density at radius 3 is 2.70 bits per heavy atom. The minimum absolute atomic E-state index is 0.000926. The van der Waals surface area contributed by atoms with Crippen molar-refractivity contribution in [1.82, 2.24) is 4.98 Å². The summed E-state index contributed by atoms with van der Waals surface area (Å²) in [7, 11) is 0. The Morgan fingerprint density at radius 1 is 1.25 bits per heavy atom. The number of carbonyl (C=O) groups is 2. The molecule has 2 aromatic rings. The lowest BCUT2D eigenvalue weighted by Gasteiger charge is -2.10. The summed E-state index contributed by atoms with van der Waals surface area (Å²) >= 11 is 3.35. The van der Waals surface area contributed by atoms with Crippen molar-refractivity contribution in [3.8, 4) is 0 Å². The highest BCUT2D eigenvalue weighted by molar-refractivity contribution is 9.10. The van der Waals surface area contributed by atoms with Crippen LogP contribution in [0.5, 0.6) is 0 Å². The van der Waals surface area contributed by atoms with Crippen LogP contribution in [0.1, 0.15) is 26.3 Å². The number of nitrogens with one attached hydrogen (secondary N) is 1. The lowest BCUT2D eigenvalue weighted by Crippen LogP contribution is -2.16. The highest BCUT2D eigenvalue weighted by Crippen LogP contribution is 2.21. The van der Waals surface area contributed by atoms with Gasteiger partial charge in [0.1, 0.15) is 0 Å². The lowest BCUT2D eigenvalue weighted by atomic mass is 10.1. The number of pyridine rings is 1. The summed E-state index contributed by atoms with van der Waals surface area (Å²) in [5, 5.41) is 11.6. The predicted octanol–water partition coefficient (Wildman–Crippen LogP) is 3.10. The molecular weight excluding hydrogens is 324 g/mol. The number of carboxylic acid groups (broad SMARTS) is 1. The van der Waals surface area contributed by atoms with E-state index in [1.165, 1.54) is 18.5 Å². The SMILES string of the molecule is Cc1c(Br)cccc1C(=O)Nc1cnccc1C(=O)O. The van der Waals surface area contributed by atoms with E-state index in [0.29, 0.717) is 5.56 Å². The van der Waals surface area contributed by atoms with Crippen molar-refractivity contribution in [2.24, 2.45) is 0 Å². The van der Waals surface area contributed by atoms with Crippen molar-refractivity contribution >= 4 is 33.5 Å². The van der Waals surface area contributed by atoms with E-state index >= 15 is 0 Å². The second-order valence-electron chi connectivity index (χ2n) is 4.09. The number of anilines is 1. The Labute approximate surface area is 123 Å². The van der Waals surface area contributed by atoms with Crippen LogP contribution >= 0.6 is 15.9 Å². The molecule has 0 atom stereocenters. The van der Waals surface area contributed by atoms with Crippen molar-refractivity contribution in [1.29, 1.82) is 0 Å². The maximum Gasteiger partial charge on any atom is 0.337 e. The average molecular weight is 335 g/mol. The summed E-state index contributed by atoms with van der Waals surface area (Å²) in [5.74, 6) is -1.49. The molecule has 0 radical (unpaired) electrons. The van der Waals surface area contributed by atoms with Crippen molar-refractivity contribution in [2.45, 2.75) is 6.92 Å². The topological polar surface area (TPSA) is 79.3 Å². The van der Waals surface area contributed by atoms with Crippen LogP contribution in [0.4, 0.5) is 5.69 Å². The van der Waals surface area contributed by atoms with Crippen LogP contribution in [0, 0.1) is 6.92 Å². The summed E-state index contributed by atoms with van der Waals surface area (Å²) in [6.45, 7) is 1.81. The van der Waals surface area contributed by atoms with E-state index in [1.54, 1.807) is 19.1 Å². The molecule has 1 aromatic carbocycles. The Hall–Kier alpha value is -2.21. The molecule has 0 bridgehead atoms. The van der Waals surface area contributed by atoms with E-state index in [9.17, 15) is 9.59 Å². The fraction of sp³-hybridized carbons (Fsp3) is 0.0714. The van der Waals surface area contributed by atoms with Crippen LogP contribution in [-0.4, -0.2) is 22.0 Å². The summed E-state index contributed by atoms with van der Waals surface area (Å²) in [4.78, 5) is 27.1. The number of benzene rings is 1. The molecule has 6 heteroatoms. The van der Waals surface area contributed by atoms with E-state index < -0.39 is 5.97 Å².